The molecule has 1 aromatic carbocycles. The van der Waals surface area contributed by atoms with Gasteiger partial charge in [-0.15, -0.1) is 0 Å². The molecular formula is C20H21ClN4O2. The van der Waals surface area contributed by atoms with Crippen LogP contribution in [-0.2, 0) is 30.7 Å². The van der Waals surface area contributed by atoms with Gasteiger partial charge in [-0.05, 0) is 54.8 Å². The van der Waals surface area contributed by atoms with Gasteiger partial charge in [0.15, 0.2) is 0 Å². The van der Waals surface area contributed by atoms with E-state index < -0.39 is 0 Å². The highest BCUT2D eigenvalue weighted by Gasteiger charge is 2.16. The van der Waals surface area contributed by atoms with Crippen LogP contribution in [0.3, 0.4) is 0 Å². The van der Waals surface area contributed by atoms with Crippen molar-refractivity contribution in [3.8, 4) is 0 Å². The highest BCUT2D eigenvalue weighted by atomic mass is 35.5. The summed E-state index contributed by atoms with van der Waals surface area (Å²) < 4.78 is 3.31. The van der Waals surface area contributed by atoms with Crippen molar-refractivity contribution >= 4 is 28.4 Å². The van der Waals surface area contributed by atoms with Crippen LogP contribution in [-0.4, -0.2) is 26.8 Å². The molecule has 0 saturated carbocycles. The molecule has 0 saturated heterocycles. The fourth-order valence-electron chi connectivity index (χ4n) is 3.64. The van der Waals surface area contributed by atoms with Crippen LogP contribution in [0.1, 0.15) is 24.0 Å². The quantitative estimate of drug-likeness (QED) is 0.735. The molecule has 6 nitrogen and oxygen atoms in total. The average molecular weight is 385 g/mol. The van der Waals surface area contributed by atoms with E-state index in [0.717, 1.165) is 47.7 Å². The molecule has 1 aliphatic carbocycles. The summed E-state index contributed by atoms with van der Waals surface area (Å²) in [5, 5.41) is 8.82. The lowest BCUT2D eigenvalue weighted by molar-refractivity contribution is -0.121. The molecule has 2 aromatic heterocycles. The van der Waals surface area contributed by atoms with Gasteiger partial charge in [0.2, 0.25) is 5.91 Å². The summed E-state index contributed by atoms with van der Waals surface area (Å²) in [5.41, 5.74) is 2.75. The molecule has 1 amide bonds. The van der Waals surface area contributed by atoms with Crippen LogP contribution in [0, 0.1) is 0 Å². The Morgan fingerprint density at radius 2 is 2.07 bits per heavy atom. The summed E-state index contributed by atoms with van der Waals surface area (Å²) in [7, 11) is 0. The molecule has 0 aliphatic heterocycles. The van der Waals surface area contributed by atoms with Gasteiger partial charge in [-0.25, -0.2) is 4.68 Å². The molecule has 3 aromatic rings. The molecule has 4 rings (SSSR count). The number of nitrogens with one attached hydrogen (secondary N) is 1. The number of halogens is 1. The maximum atomic E-state index is 12.5. The number of benzene rings is 1. The number of nitrogens with zero attached hydrogens (tertiary/aromatic N) is 3. The van der Waals surface area contributed by atoms with E-state index in [2.05, 4.69) is 10.4 Å². The van der Waals surface area contributed by atoms with Crippen molar-refractivity contribution in [2.45, 2.75) is 38.8 Å². The molecule has 2 heterocycles. The lowest BCUT2D eigenvalue weighted by Crippen LogP contribution is -2.37. The van der Waals surface area contributed by atoms with Crippen molar-refractivity contribution < 1.29 is 4.79 Å². The minimum absolute atomic E-state index is 0.0512. The van der Waals surface area contributed by atoms with Crippen LogP contribution < -0.4 is 10.9 Å². The Hall–Kier alpha value is -2.60. The molecule has 0 atom stereocenters. The number of carbonyl (C=O) groups is 1. The van der Waals surface area contributed by atoms with Crippen LogP contribution in [0.2, 0.25) is 5.02 Å². The van der Waals surface area contributed by atoms with Crippen LogP contribution in [0.15, 0.2) is 41.5 Å². The van der Waals surface area contributed by atoms with E-state index in [0.29, 0.717) is 18.1 Å². The van der Waals surface area contributed by atoms with Crippen molar-refractivity contribution in [2.75, 3.05) is 6.54 Å². The van der Waals surface area contributed by atoms with Crippen LogP contribution >= 0.6 is 11.6 Å². The lowest BCUT2D eigenvalue weighted by Gasteiger charge is -2.15. The summed E-state index contributed by atoms with van der Waals surface area (Å²) in [6.45, 7) is 1.04. The number of rotatable bonds is 5. The first-order chi connectivity index (χ1) is 13.1. The Kier molecular flexibility index (Phi) is 4.99. The van der Waals surface area contributed by atoms with Crippen molar-refractivity contribution in [2.24, 2.45) is 0 Å². The van der Waals surface area contributed by atoms with Gasteiger partial charge in [-0.2, -0.15) is 5.10 Å². The molecular weight excluding hydrogens is 364 g/mol. The topological polar surface area (TPSA) is 68.9 Å². The summed E-state index contributed by atoms with van der Waals surface area (Å²) >= 11 is 6.07. The van der Waals surface area contributed by atoms with E-state index in [9.17, 15) is 9.59 Å². The van der Waals surface area contributed by atoms with Gasteiger partial charge in [-0.3, -0.25) is 9.59 Å². The zero-order valence-corrected chi connectivity index (χ0v) is 15.7. The molecule has 0 fully saturated rings. The van der Waals surface area contributed by atoms with Gasteiger partial charge >= 0.3 is 0 Å². The first-order valence-electron chi connectivity index (χ1n) is 9.21. The zero-order valence-electron chi connectivity index (χ0n) is 14.9. The number of aromatic nitrogens is 3. The van der Waals surface area contributed by atoms with Gasteiger partial charge in [0.05, 0.1) is 6.20 Å². The molecule has 7 heteroatoms. The molecule has 0 unspecified atom stereocenters. The van der Waals surface area contributed by atoms with E-state index in [4.69, 9.17) is 11.6 Å². The predicted octanol–water partition coefficient (Wildman–Crippen LogP) is 2.55. The van der Waals surface area contributed by atoms with E-state index in [-0.39, 0.29) is 18.0 Å². The van der Waals surface area contributed by atoms with Gasteiger partial charge in [0, 0.05) is 35.4 Å². The number of aryl methyl sites for hydroxylation is 1. The second-order valence-corrected chi connectivity index (χ2v) is 7.32. The maximum Gasteiger partial charge on any atom is 0.270 e. The molecule has 0 spiro atoms. The molecule has 27 heavy (non-hydrogen) atoms. The van der Waals surface area contributed by atoms with E-state index in [1.807, 2.05) is 35.0 Å². The Labute approximate surface area is 161 Å². The predicted molar refractivity (Wildman–Crippen MR) is 105 cm³/mol. The maximum absolute atomic E-state index is 12.5. The molecule has 1 N–H and O–H groups in total. The first kappa shape index (κ1) is 17.8. The Morgan fingerprint density at radius 1 is 1.22 bits per heavy atom. The van der Waals surface area contributed by atoms with Gasteiger partial charge in [0.25, 0.3) is 5.56 Å². The first-order valence-corrected chi connectivity index (χ1v) is 9.58. The minimum Gasteiger partial charge on any atom is -0.353 e. The number of hydrogen-bond donors (Lipinski definition) is 1. The second kappa shape index (κ2) is 7.56. The highest BCUT2D eigenvalue weighted by Crippen LogP contribution is 2.20. The van der Waals surface area contributed by atoms with E-state index >= 15 is 0 Å². The third-order valence-corrected chi connectivity index (χ3v) is 5.30. The highest BCUT2D eigenvalue weighted by molar-refractivity contribution is 6.31. The Balaban J connectivity index is 1.37. The Morgan fingerprint density at radius 3 is 2.96 bits per heavy atom. The Bertz CT molecular complexity index is 1050. The smallest absolute Gasteiger partial charge is 0.270 e. The van der Waals surface area contributed by atoms with Crippen molar-refractivity contribution in [1.82, 2.24) is 19.7 Å². The standard InChI is InChI=1S/C20H21ClN4O2/c21-16-6-5-14-7-9-24(18(14)11-16)10-8-22-19(26)13-25-20(27)17-4-2-1-3-15(17)12-23-25/h5-7,9,11-12H,1-4,8,10,13H2,(H,22,26). The van der Waals surface area contributed by atoms with Crippen LogP contribution in [0.25, 0.3) is 10.9 Å². The third kappa shape index (κ3) is 3.76. The number of carbonyl (C=O) groups excluding carboxylic acids is 1. The average Bonchev–Trinajstić information content (AvgIpc) is 3.06. The second-order valence-electron chi connectivity index (χ2n) is 6.88. The van der Waals surface area contributed by atoms with Crippen LogP contribution in [0.5, 0.6) is 0 Å². The molecule has 140 valence electrons. The van der Waals surface area contributed by atoms with Crippen molar-refractivity contribution in [3.05, 3.63) is 63.2 Å². The number of fused-ring (bicyclic) bond motifs is 2. The van der Waals surface area contributed by atoms with Crippen molar-refractivity contribution in [3.63, 3.8) is 0 Å². The van der Waals surface area contributed by atoms with Gasteiger partial charge in [0.1, 0.15) is 6.54 Å². The summed E-state index contributed by atoms with van der Waals surface area (Å²) in [6, 6.07) is 7.76. The summed E-state index contributed by atoms with van der Waals surface area (Å²) in [5.74, 6) is -0.213. The molecule has 0 radical (unpaired) electrons. The summed E-state index contributed by atoms with van der Waals surface area (Å²) in [4.78, 5) is 24.7. The third-order valence-electron chi connectivity index (χ3n) is 5.06. The lowest BCUT2D eigenvalue weighted by atomic mass is 9.94. The van der Waals surface area contributed by atoms with Crippen molar-refractivity contribution in [1.29, 1.82) is 0 Å². The SMILES string of the molecule is O=C(Cn1ncc2c(c1=O)CCCC2)NCCn1ccc2ccc(Cl)cc21. The number of amides is 1. The molecule has 1 aliphatic rings. The monoisotopic (exact) mass is 384 g/mol. The van der Waals surface area contributed by atoms with Gasteiger partial charge < -0.3 is 9.88 Å². The number of hydrogen-bond acceptors (Lipinski definition) is 3. The van der Waals surface area contributed by atoms with Gasteiger partial charge in [-0.1, -0.05) is 17.7 Å². The van der Waals surface area contributed by atoms with Crippen LogP contribution in [0.4, 0.5) is 0 Å². The fourth-order valence-corrected chi connectivity index (χ4v) is 3.80. The van der Waals surface area contributed by atoms with E-state index in [1.165, 1.54) is 4.68 Å². The summed E-state index contributed by atoms with van der Waals surface area (Å²) in [6.07, 6.45) is 7.51. The fraction of sp³-hybridized carbons (Fsp3) is 0.350. The normalized spacial score (nSPS) is 13.5. The minimum atomic E-state index is -0.213. The van der Waals surface area contributed by atoms with E-state index in [1.54, 1.807) is 6.20 Å². The largest absolute Gasteiger partial charge is 0.353 e. The molecule has 0 bridgehead atoms. The zero-order chi connectivity index (χ0) is 18.8.